The standard InChI is InChI=1S/C27H25ClFN3O3/c1-4-22(26(33)31-21-11-7-8-12-24(21)35-3)32-23-14-13-17(28)15-19(23)25(30-16(2)27(32)34)18-9-5-6-10-20(18)29/h5-16,22H,4H2,1-3H3,(H,31,33)/t16-,22-/m1/s1. The van der Waals surface area contributed by atoms with Gasteiger partial charge in [-0.25, -0.2) is 4.39 Å². The molecule has 0 spiro atoms. The van der Waals surface area contributed by atoms with E-state index in [2.05, 4.69) is 10.3 Å². The van der Waals surface area contributed by atoms with Crippen molar-refractivity contribution in [2.45, 2.75) is 32.4 Å². The maximum Gasteiger partial charge on any atom is 0.252 e. The first-order valence-electron chi connectivity index (χ1n) is 11.2. The summed E-state index contributed by atoms with van der Waals surface area (Å²) in [5, 5.41) is 3.28. The highest BCUT2D eigenvalue weighted by Crippen LogP contribution is 2.34. The molecule has 0 fully saturated rings. The Labute approximate surface area is 208 Å². The van der Waals surface area contributed by atoms with Gasteiger partial charge in [-0.05, 0) is 55.8 Å². The van der Waals surface area contributed by atoms with Crippen molar-refractivity contribution in [1.29, 1.82) is 0 Å². The molecule has 35 heavy (non-hydrogen) atoms. The Bertz CT molecular complexity index is 1310. The summed E-state index contributed by atoms with van der Waals surface area (Å²) < 4.78 is 20.1. The van der Waals surface area contributed by atoms with Crippen LogP contribution in [0.2, 0.25) is 5.02 Å². The SMILES string of the molecule is CC[C@H](C(=O)Nc1ccccc1OC)N1C(=O)[C@@H](C)N=C(c2ccccc2F)c2cc(Cl)ccc21. The number of halogens is 2. The third kappa shape index (κ3) is 4.77. The number of ether oxygens (including phenoxy) is 1. The van der Waals surface area contributed by atoms with Crippen LogP contribution in [0.15, 0.2) is 71.7 Å². The Morgan fingerprint density at radius 3 is 2.57 bits per heavy atom. The summed E-state index contributed by atoms with van der Waals surface area (Å²) in [4.78, 5) is 33.1. The number of nitrogens with zero attached hydrogens (tertiary/aromatic N) is 2. The lowest BCUT2D eigenvalue weighted by molar-refractivity contribution is -0.124. The molecule has 1 aliphatic heterocycles. The summed E-state index contributed by atoms with van der Waals surface area (Å²) in [5.41, 5.74) is 1.97. The van der Waals surface area contributed by atoms with Crippen LogP contribution in [0.3, 0.4) is 0 Å². The first-order valence-corrected chi connectivity index (χ1v) is 11.6. The van der Waals surface area contributed by atoms with E-state index in [4.69, 9.17) is 16.3 Å². The largest absolute Gasteiger partial charge is 0.495 e. The van der Waals surface area contributed by atoms with E-state index in [1.807, 2.05) is 6.92 Å². The van der Waals surface area contributed by atoms with Gasteiger partial charge in [0, 0.05) is 16.1 Å². The number of fused-ring (bicyclic) bond motifs is 1. The van der Waals surface area contributed by atoms with E-state index in [0.717, 1.165) is 0 Å². The van der Waals surface area contributed by atoms with Gasteiger partial charge < -0.3 is 10.1 Å². The summed E-state index contributed by atoms with van der Waals surface area (Å²) in [6.45, 7) is 3.46. The third-order valence-corrected chi connectivity index (χ3v) is 6.12. The lowest BCUT2D eigenvalue weighted by atomic mass is 9.98. The summed E-state index contributed by atoms with van der Waals surface area (Å²) >= 11 is 6.31. The minimum atomic E-state index is -0.858. The van der Waals surface area contributed by atoms with Crippen molar-refractivity contribution in [2.75, 3.05) is 17.3 Å². The van der Waals surface area contributed by atoms with Gasteiger partial charge in [0.05, 0.1) is 24.2 Å². The van der Waals surface area contributed by atoms with E-state index in [1.54, 1.807) is 67.6 Å². The first kappa shape index (κ1) is 24.4. The molecule has 4 rings (SSSR count). The predicted molar refractivity (Wildman–Crippen MR) is 136 cm³/mol. The maximum atomic E-state index is 14.8. The zero-order valence-corrected chi connectivity index (χ0v) is 20.3. The van der Waals surface area contributed by atoms with Crippen molar-refractivity contribution >= 4 is 40.5 Å². The van der Waals surface area contributed by atoms with Gasteiger partial charge in [0.25, 0.3) is 5.91 Å². The lowest BCUT2D eigenvalue weighted by Crippen LogP contribution is -2.50. The van der Waals surface area contributed by atoms with Gasteiger partial charge in [-0.3, -0.25) is 19.5 Å². The van der Waals surface area contributed by atoms with Crippen LogP contribution in [0, 0.1) is 5.82 Å². The number of hydrogen-bond acceptors (Lipinski definition) is 4. The normalized spacial score (nSPS) is 16.1. The van der Waals surface area contributed by atoms with Gasteiger partial charge in [-0.15, -0.1) is 0 Å². The van der Waals surface area contributed by atoms with E-state index < -0.39 is 17.9 Å². The molecule has 0 aliphatic carbocycles. The molecule has 0 saturated carbocycles. The highest BCUT2D eigenvalue weighted by Gasteiger charge is 2.37. The second-order valence-corrected chi connectivity index (χ2v) is 8.55. The molecule has 0 unspecified atom stereocenters. The van der Waals surface area contributed by atoms with Crippen LogP contribution < -0.4 is 15.0 Å². The molecule has 180 valence electrons. The summed E-state index contributed by atoms with van der Waals surface area (Å²) in [6, 6.07) is 16.5. The van der Waals surface area contributed by atoms with Gasteiger partial charge in [0.1, 0.15) is 23.7 Å². The van der Waals surface area contributed by atoms with Crippen LogP contribution in [0.4, 0.5) is 15.8 Å². The van der Waals surface area contributed by atoms with Crippen LogP contribution in [-0.2, 0) is 9.59 Å². The first-order chi connectivity index (χ1) is 16.8. The monoisotopic (exact) mass is 493 g/mol. The molecule has 1 aliphatic rings. The van der Waals surface area contributed by atoms with Crippen molar-refractivity contribution < 1.29 is 18.7 Å². The fraction of sp³-hybridized carbons (Fsp3) is 0.222. The smallest absolute Gasteiger partial charge is 0.252 e. The van der Waals surface area contributed by atoms with E-state index in [-0.39, 0.29) is 17.4 Å². The van der Waals surface area contributed by atoms with Crippen LogP contribution >= 0.6 is 11.6 Å². The number of rotatable bonds is 6. The number of methoxy groups -OCH3 is 1. The molecule has 1 N–H and O–H groups in total. The fourth-order valence-corrected chi connectivity index (χ4v) is 4.36. The number of nitrogens with one attached hydrogen (secondary N) is 1. The summed E-state index contributed by atoms with van der Waals surface area (Å²) in [5.74, 6) is -0.718. The molecule has 2 amide bonds. The Hall–Kier alpha value is -3.71. The minimum absolute atomic E-state index is 0.254. The number of benzodiazepines with no additional fused rings is 1. The van der Waals surface area contributed by atoms with Crippen molar-refractivity contribution in [1.82, 2.24) is 0 Å². The van der Waals surface area contributed by atoms with Crippen LogP contribution in [-0.4, -0.2) is 36.7 Å². The predicted octanol–water partition coefficient (Wildman–Crippen LogP) is 5.48. The maximum absolute atomic E-state index is 14.8. The third-order valence-electron chi connectivity index (χ3n) is 5.89. The van der Waals surface area contributed by atoms with E-state index in [1.165, 1.54) is 18.1 Å². The van der Waals surface area contributed by atoms with Crippen molar-refractivity contribution in [2.24, 2.45) is 4.99 Å². The fourth-order valence-electron chi connectivity index (χ4n) is 4.18. The highest BCUT2D eigenvalue weighted by molar-refractivity contribution is 6.32. The molecule has 3 aromatic rings. The number of para-hydroxylation sites is 2. The molecule has 2 atom stereocenters. The molecular weight excluding hydrogens is 469 g/mol. The second-order valence-electron chi connectivity index (χ2n) is 8.12. The molecule has 0 bridgehead atoms. The quantitative estimate of drug-likeness (QED) is 0.494. The van der Waals surface area contributed by atoms with Gasteiger partial charge in [-0.1, -0.05) is 42.8 Å². The number of carbonyl (C=O) groups is 2. The van der Waals surface area contributed by atoms with Gasteiger partial charge in [-0.2, -0.15) is 0 Å². The van der Waals surface area contributed by atoms with Gasteiger partial charge >= 0.3 is 0 Å². The molecule has 0 saturated heterocycles. The van der Waals surface area contributed by atoms with E-state index in [0.29, 0.717) is 39.8 Å². The minimum Gasteiger partial charge on any atom is -0.495 e. The number of carbonyl (C=O) groups excluding carboxylic acids is 2. The van der Waals surface area contributed by atoms with E-state index >= 15 is 0 Å². The number of anilines is 2. The Morgan fingerprint density at radius 2 is 1.86 bits per heavy atom. The zero-order chi connectivity index (χ0) is 25.1. The number of amides is 2. The Kier molecular flexibility index (Phi) is 7.17. The number of benzene rings is 3. The average Bonchev–Trinajstić information content (AvgIpc) is 2.95. The van der Waals surface area contributed by atoms with Gasteiger partial charge in [0.15, 0.2) is 0 Å². The number of aliphatic imine (C=N–C) groups is 1. The summed E-state index contributed by atoms with van der Waals surface area (Å²) in [7, 11) is 1.52. The van der Waals surface area contributed by atoms with Crippen LogP contribution in [0.25, 0.3) is 0 Å². The molecular formula is C27H25ClFN3O3. The molecule has 1 heterocycles. The topological polar surface area (TPSA) is 71.0 Å². The Balaban J connectivity index is 1.82. The zero-order valence-electron chi connectivity index (χ0n) is 19.6. The van der Waals surface area contributed by atoms with E-state index in [9.17, 15) is 14.0 Å². The van der Waals surface area contributed by atoms with Crippen LogP contribution in [0.5, 0.6) is 5.75 Å². The van der Waals surface area contributed by atoms with Gasteiger partial charge in [0.2, 0.25) is 5.91 Å². The average molecular weight is 494 g/mol. The van der Waals surface area contributed by atoms with Crippen molar-refractivity contribution in [3.63, 3.8) is 0 Å². The van der Waals surface area contributed by atoms with Crippen molar-refractivity contribution in [3.05, 3.63) is 88.7 Å². The van der Waals surface area contributed by atoms with Crippen LogP contribution in [0.1, 0.15) is 31.4 Å². The summed E-state index contributed by atoms with van der Waals surface area (Å²) in [6.07, 6.45) is 0.330. The molecule has 6 nitrogen and oxygen atoms in total. The molecule has 3 aromatic carbocycles. The number of hydrogen-bond donors (Lipinski definition) is 1. The molecule has 0 radical (unpaired) electrons. The Morgan fingerprint density at radius 1 is 1.14 bits per heavy atom. The second kappa shape index (κ2) is 10.3. The lowest BCUT2D eigenvalue weighted by Gasteiger charge is -2.31. The molecule has 0 aromatic heterocycles. The highest BCUT2D eigenvalue weighted by atomic mass is 35.5. The molecule has 8 heteroatoms. The van der Waals surface area contributed by atoms with Crippen molar-refractivity contribution in [3.8, 4) is 5.75 Å².